The molecular formula is C13H21N3. The zero-order chi connectivity index (χ0) is 11.0. The van der Waals surface area contributed by atoms with E-state index >= 15 is 0 Å². The maximum atomic E-state index is 4.91. The minimum absolute atomic E-state index is 0.692. The number of imidazole rings is 1. The van der Waals surface area contributed by atoms with Gasteiger partial charge in [-0.3, -0.25) is 0 Å². The molecule has 2 aliphatic rings. The summed E-state index contributed by atoms with van der Waals surface area (Å²) in [6.07, 6.45) is 7.62. The Kier molecular flexibility index (Phi) is 2.72. The molecule has 0 saturated carbocycles. The van der Waals surface area contributed by atoms with Crippen LogP contribution in [0.25, 0.3) is 0 Å². The monoisotopic (exact) mass is 219 g/mol. The summed E-state index contributed by atoms with van der Waals surface area (Å²) in [5, 5.41) is 3.43. The van der Waals surface area contributed by atoms with Gasteiger partial charge < -0.3 is 9.88 Å². The Balaban J connectivity index is 1.91. The Bertz CT molecular complexity index is 375. The van der Waals surface area contributed by atoms with Crippen LogP contribution in [0.4, 0.5) is 0 Å². The van der Waals surface area contributed by atoms with Crippen molar-refractivity contribution in [1.82, 2.24) is 14.9 Å². The first-order chi connectivity index (χ1) is 7.86. The van der Waals surface area contributed by atoms with E-state index in [0.717, 1.165) is 13.1 Å². The van der Waals surface area contributed by atoms with Crippen LogP contribution in [0.15, 0.2) is 0 Å². The fraction of sp³-hybridized carbons (Fsp3) is 0.769. The predicted molar refractivity (Wildman–Crippen MR) is 64.7 cm³/mol. The molecule has 1 aliphatic carbocycles. The third-order valence-electron chi connectivity index (χ3n) is 4.11. The molecule has 1 aliphatic heterocycles. The molecule has 3 heteroatoms. The molecule has 0 aromatic carbocycles. The fourth-order valence-corrected chi connectivity index (χ4v) is 3.15. The molecule has 3 nitrogen and oxygen atoms in total. The molecule has 0 bridgehead atoms. The molecule has 1 saturated heterocycles. The molecule has 1 aromatic heterocycles. The molecule has 1 N–H and O–H groups in total. The van der Waals surface area contributed by atoms with Gasteiger partial charge in [-0.1, -0.05) is 0 Å². The smallest absolute Gasteiger partial charge is 0.112 e. The number of aromatic nitrogens is 2. The lowest BCUT2D eigenvalue weighted by atomic mass is 9.97. The Hall–Kier alpha value is -0.830. The van der Waals surface area contributed by atoms with E-state index in [1.807, 2.05) is 0 Å². The molecule has 1 aromatic rings. The van der Waals surface area contributed by atoms with Crippen molar-refractivity contribution in [2.75, 3.05) is 13.1 Å². The van der Waals surface area contributed by atoms with Crippen LogP contribution in [-0.2, 0) is 19.9 Å². The summed E-state index contributed by atoms with van der Waals surface area (Å²) in [7, 11) is 2.22. The van der Waals surface area contributed by atoms with E-state index in [2.05, 4.69) is 16.9 Å². The molecule has 0 unspecified atom stereocenters. The molecular weight excluding hydrogens is 198 g/mol. The lowest BCUT2D eigenvalue weighted by Crippen LogP contribution is -2.28. The van der Waals surface area contributed by atoms with Gasteiger partial charge in [-0.25, -0.2) is 4.98 Å². The first-order valence-electron chi connectivity index (χ1n) is 6.61. The van der Waals surface area contributed by atoms with Crippen molar-refractivity contribution in [3.63, 3.8) is 0 Å². The highest BCUT2D eigenvalue weighted by Crippen LogP contribution is 2.29. The molecule has 1 fully saturated rings. The largest absolute Gasteiger partial charge is 0.335 e. The van der Waals surface area contributed by atoms with E-state index in [0.29, 0.717) is 5.92 Å². The van der Waals surface area contributed by atoms with Crippen LogP contribution in [0.3, 0.4) is 0 Å². The first kappa shape index (κ1) is 10.3. The minimum atomic E-state index is 0.692. The number of rotatable bonds is 1. The minimum Gasteiger partial charge on any atom is -0.335 e. The van der Waals surface area contributed by atoms with Crippen molar-refractivity contribution >= 4 is 0 Å². The highest BCUT2D eigenvalue weighted by atomic mass is 15.1. The van der Waals surface area contributed by atoms with Crippen LogP contribution < -0.4 is 5.32 Å². The second-order valence-corrected chi connectivity index (χ2v) is 5.15. The summed E-state index contributed by atoms with van der Waals surface area (Å²) >= 11 is 0. The Labute approximate surface area is 97.3 Å². The molecule has 0 radical (unpaired) electrons. The maximum Gasteiger partial charge on any atom is 0.112 e. The van der Waals surface area contributed by atoms with Crippen LogP contribution in [-0.4, -0.2) is 22.6 Å². The Morgan fingerprint density at radius 3 is 2.69 bits per heavy atom. The molecule has 2 heterocycles. The van der Waals surface area contributed by atoms with Gasteiger partial charge in [0.05, 0.1) is 5.69 Å². The van der Waals surface area contributed by atoms with Gasteiger partial charge in [-0.05, 0) is 51.6 Å². The van der Waals surface area contributed by atoms with Crippen molar-refractivity contribution in [1.29, 1.82) is 0 Å². The van der Waals surface area contributed by atoms with E-state index < -0.39 is 0 Å². The van der Waals surface area contributed by atoms with Gasteiger partial charge in [0.25, 0.3) is 0 Å². The number of aryl methyl sites for hydroxylation is 1. The molecule has 88 valence electrons. The summed E-state index contributed by atoms with van der Waals surface area (Å²) in [5.41, 5.74) is 2.90. The SMILES string of the molecule is Cn1c(C2CCNCC2)nc2c1CCCC2. The third kappa shape index (κ3) is 1.67. The van der Waals surface area contributed by atoms with Gasteiger partial charge in [0.15, 0.2) is 0 Å². The topological polar surface area (TPSA) is 29.9 Å². The van der Waals surface area contributed by atoms with Gasteiger partial charge in [-0.15, -0.1) is 0 Å². The number of nitrogens with zero attached hydrogens (tertiary/aromatic N) is 2. The van der Waals surface area contributed by atoms with Gasteiger partial charge in [0.2, 0.25) is 0 Å². The highest BCUT2D eigenvalue weighted by molar-refractivity contribution is 5.22. The molecule has 0 spiro atoms. The van der Waals surface area contributed by atoms with Gasteiger partial charge >= 0.3 is 0 Å². The third-order valence-corrected chi connectivity index (χ3v) is 4.11. The van der Waals surface area contributed by atoms with Crippen LogP contribution in [0.5, 0.6) is 0 Å². The maximum absolute atomic E-state index is 4.91. The lowest BCUT2D eigenvalue weighted by molar-refractivity contribution is 0.436. The van der Waals surface area contributed by atoms with Gasteiger partial charge in [0, 0.05) is 18.7 Å². The highest BCUT2D eigenvalue weighted by Gasteiger charge is 2.24. The Morgan fingerprint density at radius 1 is 1.19 bits per heavy atom. The summed E-state index contributed by atoms with van der Waals surface area (Å²) < 4.78 is 2.39. The first-order valence-corrected chi connectivity index (χ1v) is 6.61. The van der Waals surface area contributed by atoms with Crippen LogP contribution in [0.2, 0.25) is 0 Å². The van der Waals surface area contributed by atoms with E-state index in [4.69, 9.17) is 4.98 Å². The summed E-state index contributed by atoms with van der Waals surface area (Å²) in [6, 6.07) is 0. The number of nitrogens with one attached hydrogen (secondary N) is 1. The van der Waals surface area contributed by atoms with Gasteiger partial charge in [0.1, 0.15) is 5.82 Å². The zero-order valence-electron chi connectivity index (χ0n) is 10.1. The molecule has 3 rings (SSSR count). The number of hydrogen-bond donors (Lipinski definition) is 1. The van der Waals surface area contributed by atoms with E-state index in [1.54, 1.807) is 0 Å². The number of fused-ring (bicyclic) bond motifs is 1. The van der Waals surface area contributed by atoms with Crippen LogP contribution in [0, 0.1) is 0 Å². The van der Waals surface area contributed by atoms with Crippen LogP contribution >= 0.6 is 0 Å². The van der Waals surface area contributed by atoms with E-state index in [1.165, 1.54) is 55.7 Å². The summed E-state index contributed by atoms with van der Waals surface area (Å²) in [5.74, 6) is 2.05. The van der Waals surface area contributed by atoms with Crippen molar-refractivity contribution < 1.29 is 0 Å². The van der Waals surface area contributed by atoms with Crippen molar-refractivity contribution in [3.05, 3.63) is 17.2 Å². The summed E-state index contributed by atoms with van der Waals surface area (Å²) in [4.78, 5) is 4.91. The Morgan fingerprint density at radius 2 is 1.94 bits per heavy atom. The normalized spacial score (nSPS) is 22.1. The van der Waals surface area contributed by atoms with Crippen molar-refractivity contribution in [2.45, 2.75) is 44.4 Å². The molecule has 0 amide bonds. The average molecular weight is 219 g/mol. The van der Waals surface area contributed by atoms with E-state index in [-0.39, 0.29) is 0 Å². The quantitative estimate of drug-likeness (QED) is 0.780. The lowest BCUT2D eigenvalue weighted by Gasteiger charge is -2.22. The standard InChI is InChI=1S/C13H21N3/c1-16-12-5-3-2-4-11(12)15-13(16)10-6-8-14-9-7-10/h10,14H,2-9H2,1H3. The van der Waals surface area contributed by atoms with Crippen molar-refractivity contribution in [2.24, 2.45) is 7.05 Å². The fourth-order valence-electron chi connectivity index (χ4n) is 3.15. The average Bonchev–Trinajstić information content (AvgIpc) is 2.69. The molecule has 16 heavy (non-hydrogen) atoms. The van der Waals surface area contributed by atoms with E-state index in [9.17, 15) is 0 Å². The number of piperidine rings is 1. The number of hydrogen-bond acceptors (Lipinski definition) is 2. The molecule has 0 atom stereocenters. The van der Waals surface area contributed by atoms with Crippen molar-refractivity contribution in [3.8, 4) is 0 Å². The predicted octanol–water partition coefficient (Wildman–Crippen LogP) is 1.77. The van der Waals surface area contributed by atoms with Crippen LogP contribution in [0.1, 0.15) is 48.8 Å². The van der Waals surface area contributed by atoms with Gasteiger partial charge in [-0.2, -0.15) is 0 Å². The second-order valence-electron chi connectivity index (χ2n) is 5.15. The zero-order valence-corrected chi connectivity index (χ0v) is 10.1. The second kappa shape index (κ2) is 4.21. The summed E-state index contributed by atoms with van der Waals surface area (Å²) in [6.45, 7) is 2.31.